The van der Waals surface area contributed by atoms with Gasteiger partial charge in [-0.15, -0.1) is 0 Å². The van der Waals surface area contributed by atoms with Gasteiger partial charge in [-0.1, -0.05) is 17.3 Å². The van der Waals surface area contributed by atoms with E-state index in [0.29, 0.717) is 25.3 Å². The molecule has 0 saturated heterocycles. The molecule has 0 radical (unpaired) electrons. The molecule has 0 unspecified atom stereocenters. The molecule has 104 valence electrons. The fourth-order valence-corrected chi connectivity index (χ4v) is 2.43. The van der Waals surface area contributed by atoms with Gasteiger partial charge < -0.3 is 14.2 Å². The van der Waals surface area contributed by atoms with Crippen LogP contribution < -0.4 is 9.64 Å². The number of carbonyl (C=O) groups is 1. The van der Waals surface area contributed by atoms with E-state index >= 15 is 0 Å². The first kappa shape index (κ1) is 12.7. The number of ether oxygens (including phenoxy) is 1. The molecular formula is C15H16N2O3. The quantitative estimate of drug-likeness (QED) is 0.841. The van der Waals surface area contributed by atoms with Gasteiger partial charge in [-0.3, -0.25) is 4.79 Å². The Labute approximate surface area is 117 Å². The van der Waals surface area contributed by atoms with Crippen molar-refractivity contribution in [3.8, 4) is 5.75 Å². The average Bonchev–Trinajstić information content (AvgIpc) is 2.78. The molecule has 1 aromatic heterocycles. The first-order chi connectivity index (χ1) is 9.66. The zero-order chi connectivity index (χ0) is 14.1. The largest absolute Gasteiger partial charge is 0.490 e. The summed E-state index contributed by atoms with van der Waals surface area (Å²) >= 11 is 0. The van der Waals surface area contributed by atoms with E-state index in [2.05, 4.69) is 5.16 Å². The van der Waals surface area contributed by atoms with Gasteiger partial charge in [0.15, 0.2) is 0 Å². The molecule has 3 rings (SSSR count). The SMILES string of the molecule is Cc1noc(C)c1CC(=O)N1CCOc2ccccc21. The van der Waals surface area contributed by atoms with E-state index < -0.39 is 0 Å². The molecular weight excluding hydrogens is 256 g/mol. The summed E-state index contributed by atoms with van der Waals surface area (Å²) in [7, 11) is 0. The summed E-state index contributed by atoms with van der Waals surface area (Å²) in [5.41, 5.74) is 2.48. The standard InChI is InChI=1S/C15H16N2O3/c1-10-12(11(2)20-16-10)9-15(18)17-7-8-19-14-6-4-3-5-13(14)17/h3-6H,7-9H2,1-2H3. The van der Waals surface area contributed by atoms with E-state index in [1.807, 2.05) is 38.1 Å². The molecule has 1 aromatic carbocycles. The van der Waals surface area contributed by atoms with Crippen LogP contribution in [0.4, 0.5) is 5.69 Å². The molecule has 0 aliphatic carbocycles. The van der Waals surface area contributed by atoms with Crippen LogP contribution in [0.2, 0.25) is 0 Å². The van der Waals surface area contributed by atoms with Gasteiger partial charge in [-0.05, 0) is 26.0 Å². The summed E-state index contributed by atoms with van der Waals surface area (Å²) in [6, 6.07) is 7.59. The lowest BCUT2D eigenvalue weighted by Gasteiger charge is -2.29. The number of amides is 1. The Morgan fingerprint density at radius 2 is 2.15 bits per heavy atom. The Kier molecular flexibility index (Phi) is 3.18. The van der Waals surface area contributed by atoms with Crippen molar-refractivity contribution in [2.24, 2.45) is 0 Å². The number of fused-ring (bicyclic) bond motifs is 1. The Morgan fingerprint density at radius 3 is 2.90 bits per heavy atom. The number of hydrogen-bond acceptors (Lipinski definition) is 4. The van der Waals surface area contributed by atoms with Crippen molar-refractivity contribution >= 4 is 11.6 Å². The molecule has 0 spiro atoms. The predicted octanol–water partition coefficient (Wildman–Crippen LogP) is 2.26. The Balaban J connectivity index is 1.86. The third-order valence-corrected chi connectivity index (χ3v) is 3.54. The highest BCUT2D eigenvalue weighted by Gasteiger charge is 2.25. The van der Waals surface area contributed by atoms with Gasteiger partial charge in [0.25, 0.3) is 0 Å². The minimum atomic E-state index is 0.0372. The van der Waals surface area contributed by atoms with Crippen LogP contribution in [-0.2, 0) is 11.2 Å². The van der Waals surface area contributed by atoms with Crippen LogP contribution in [-0.4, -0.2) is 24.2 Å². The molecule has 20 heavy (non-hydrogen) atoms. The maximum Gasteiger partial charge on any atom is 0.231 e. The second-order valence-electron chi connectivity index (χ2n) is 4.84. The van der Waals surface area contributed by atoms with Crippen molar-refractivity contribution in [1.29, 1.82) is 0 Å². The predicted molar refractivity (Wildman–Crippen MR) is 74.0 cm³/mol. The first-order valence-corrected chi connectivity index (χ1v) is 6.61. The molecule has 5 heteroatoms. The number of benzene rings is 1. The topological polar surface area (TPSA) is 55.6 Å². The normalized spacial score (nSPS) is 13.8. The number of hydrogen-bond donors (Lipinski definition) is 0. The van der Waals surface area contributed by atoms with Crippen molar-refractivity contribution in [3.05, 3.63) is 41.3 Å². The Morgan fingerprint density at radius 1 is 1.35 bits per heavy atom. The van der Waals surface area contributed by atoms with E-state index in [-0.39, 0.29) is 5.91 Å². The minimum absolute atomic E-state index is 0.0372. The fraction of sp³-hybridized carbons (Fsp3) is 0.333. The van der Waals surface area contributed by atoms with Crippen molar-refractivity contribution in [1.82, 2.24) is 5.16 Å². The molecule has 0 atom stereocenters. The number of para-hydroxylation sites is 2. The molecule has 0 fully saturated rings. The summed E-state index contributed by atoms with van der Waals surface area (Å²) in [5.74, 6) is 1.50. The van der Waals surface area contributed by atoms with Crippen molar-refractivity contribution in [3.63, 3.8) is 0 Å². The maximum atomic E-state index is 12.5. The van der Waals surface area contributed by atoms with Crippen LogP contribution in [0.5, 0.6) is 5.75 Å². The van der Waals surface area contributed by atoms with Gasteiger partial charge in [-0.2, -0.15) is 0 Å². The minimum Gasteiger partial charge on any atom is -0.490 e. The highest BCUT2D eigenvalue weighted by molar-refractivity contribution is 5.96. The third-order valence-electron chi connectivity index (χ3n) is 3.54. The van der Waals surface area contributed by atoms with E-state index in [4.69, 9.17) is 9.26 Å². The zero-order valence-corrected chi connectivity index (χ0v) is 11.5. The lowest BCUT2D eigenvalue weighted by molar-refractivity contribution is -0.118. The molecule has 1 aliphatic rings. The lowest BCUT2D eigenvalue weighted by atomic mass is 10.1. The lowest BCUT2D eigenvalue weighted by Crippen LogP contribution is -2.38. The van der Waals surface area contributed by atoms with Gasteiger partial charge in [-0.25, -0.2) is 0 Å². The summed E-state index contributed by atoms with van der Waals surface area (Å²) in [6.45, 7) is 4.77. The first-order valence-electron chi connectivity index (χ1n) is 6.61. The van der Waals surface area contributed by atoms with E-state index in [0.717, 1.165) is 22.7 Å². The smallest absolute Gasteiger partial charge is 0.231 e. The maximum absolute atomic E-state index is 12.5. The van der Waals surface area contributed by atoms with Gasteiger partial charge in [0.1, 0.15) is 18.1 Å². The van der Waals surface area contributed by atoms with E-state index in [1.54, 1.807) is 4.90 Å². The number of aromatic nitrogens is 1. The number of anilines is 1. The van der Waals surface area contributed by atoms with Gasteiger partial charge in [0, 0.05) is 5.56 Å². The van der Waals surface area contributed by atoms with Crippen LogP contribution in [0.25, 0.3) is 0 Å². The third kappa shape index (κ3) is 2.15. The van der Waals surface area contributed by atoms with Crippen LogP contribution in [0, 0.1) is 13.8 Å². The van der Waals surface area contributed by atoms with Gasteiger partial charge in [0.05, 0.1) is 24.3 Å². The summed E-state index contributed by atoms with van der Waals surface area (Å²) in [5, 5.41) is 3.89. The zero-order valence-electron chi connectivity index (χ0n) is 11.5. The number of aryl methyl sites for hydroxylation is 2. The average molecular weight is 272 g/mol. The van der Waals surface area contributed by atoms with Crippen LogP contribution in [0.15, 0.2) is 28.8 Å². The molecule has 0 saturated carbocycles. The monoisotopic (exact) mass is 272 g/mol. The fourth-order valence-electron chi connectivity index (χ4n) is 2.43. The number of rotatable bonds is 2. The van der Waals surface area contributed by atoms with E-state index in [9.17, 15) is 4.79 Å². The second kappa shape index (κ2) is 5.00. The van der Waals surface area contributed by atoms with Crippen LogP contribution in [0.1, 0.15) is 17.0 Å². The molecule has 5 nitrogen and oxygen atoms in total. The summed E-state index contributed by atoms with van der Waals surface area (Å²) < 4.78 is 10.7. The highest BCUT2D eigenvalue weighted by atomic mass is 16.5. The molecule has 2 aromatic rings. The Bertz CT molecular complexity index is 629. The molecule has 1 aliphatic heterocycles. The number of nitrogens with zero attached hydrogens (tertiary/aromatic N) is 2. The van der Waals surface area contributed by atoms with Crippen LogP contribution in [0.3, 0.4) is 0 Å². The molecule has 2 heterocycles. The van der Waals surface area contributed by atoms with Crippen molar-refractivity contribution in [2.45, 2.75) is 20.3 Å². The van der Waals surface area contributed by atoms with Crippen molar-refractivity contribution < 1.29 is 14.1 Å². The van der Waals surface area contributed by atoms with Crippen molar-refractivity contribution in [2.75, 3.05) is 18.1 Å². The summed E-state index contributed by atoms with van der Waals surface area (Å²) in [6.07, 6.45) is 0.301. The van der Waals surface area contributed by atoms with Gasteiger partial charge in [0.2, 0.25) is 5.91 Å². The summed E-state index contributed by atoms with van der Waals surface area (Å²) in [4.78, 5) is 14.3. The number of carbonyl (C=O) groups excluding carboxylic acids is 1. The molecule has 1 amide bonds. The van der Waals surface area contributed by atoms with Crippen LogP contribution >= 0.6 is 0 Å². The highest BCUT2D eigenvalue weighted by Crippen LogP contribution is 2.31. The van der Waals surface area contributed by atoms with E-state index in [1.165, 1.54) is 0 Å². The Hall–Kier alpha value is -2.30. The molecule has 0 N–H and O–H groups in total. The second-order valence-corrected chi connectivity index (χ2v) is 4.84. The van der Waals surface area contributed by atoms with Gasteiger partial charge >= 0.3 is 0 Å². The molecule has 0 bridgehead atoms.